The van der Waals surface area contributed by atoms with Crippen molar-refractivity contribution in [2.45, 2.75) is 39.2 Å². The maximum absolute atomic E-state index is 11.4. The minimum atomic E-state index is -2.83. The van der Waals surface area contributed by atoms with Crippen molar-refractivity contribution in [2.75, 3.05) is 25.1 Å². The largest absolute Gasteiger partial charge is 0.409 e. The molecule has 0 saturated carbocycles. The third-order valence-corrected chi connectivity index (χ3v) is 5.70. The first-order chi connectivity index (χ1) is 8.68. The van der Waals surface area contributed by atoms with Gasteiger partial charge in [-0.3, -0.25) is 0 Å². The highest BCUT2D eigenvalue weighted by atomic mass is 32.2. The fourth-order valence-corrected chi connectivity index (χ4v) is 4.14. The van der Waals surface area contributed by atoms with E-state index in [0.717, 1.165) is 25.8 Å². The van der Waals surface area contributed by atoms with E-state index in [1.54, 1.807) is 0 Å². The first-order valence-electron chi connectivity index (χ1n) is 6.56. The molecule has 1 heterocycles. The van der Waals surface area contributed by atoms with Crippen LogP contribution >= 0.6 is 0 Å². The number of hydrogen-bond acceptors (Lipinski definition) is 5. The summed E-state index contributed by atoms with van der Waals surface area (Å²) in [6.07, 6.45) is 2.41. The molecule has 1 unspecified atom stereocenters. The molecule has 0 amide bonds. The van der Waals surface area contributed by atoms with Crippen molar-refractivity contribution in [3.63, 3.8) is 0 Å². The van der Waals surface area contributed by atoms with Crippen molar-refractivity contribution in [1.82, 2.24) is 4.90 Å². The number of nitrogens with zero attached hydrogens (tertiary/aromatic N) is 2. The van der Waals surface area contributed by atoms with Gasteiger partial charge in [-0.15, -0.1) is 0 Å². The average molecular weight is 291 g/mol. The fraction of sp³-hybridized carbons (Fsp3) is 0.917. The minimum absolute atomic E-state index is 0.136. The lowest BCUT2D eigenvalue weighted by molar-refractivity contribution is 0.245. The fourth-order valence-electron chi connectivity index (χ4n) is 2.34. The van der Waals surface area contributed by atoms with Gasteiger partial charge in [0.25, 0.3) is 0 Å². The predicted molar refractivity (Wildman–Crippen MR) is 76.1 cm³/mol. The van der Waals surface area contributed by atoms with E-state index in [4.69, 9.17) is 10.9 Å². The van der Waals surface area contributed by atoms with E-state index < -0.39 is 9.84 Å². The van der Waals surface area contributed by atoms with Crippen LogP contribution in [0.2, 0.25) is 0 Å². The number of oxime groups is 1. The van der Waals surface area contributed by atoms with E-state index in [-0.39, 0.29) is 23.0 Å². The van der Waals surface area contributed by atoms with Gasteiger partial charge in [-0.25, -0.2) is 8.42 Å². The van der Waals surface area contributed by atoms with Gasteiger partial charge in [0.1, 0.15) is 5.84 Å². The highest BCUT2D eigenvalue weighted by molar-refractivity contribution is 7.91. The average Bonchev–Trinajstić information content (AvgIpc) is 2.68. The van der Waals surface area contributed by atoms with Gasteiger partial charge in [0.15, 0.2) is 9.84 Å². The number of sulfone groups is 1. The second kappa shape index (κ2) is 6.09. The van der Waals surface area contributed by atoms with E-state index in [0.29, 0.717) is 5.75 Å². The Morgan fingerprint density at radius 3 is 2.63 bits per heavy atom. The first-order valence-corrected chi connectivity index (χ1v) is 8.39. The van der Waals surface area contributed by atoms with Gasteiger partial charge in [0, 0.05) is 11.5 Å². The maximum Gasteiger partial charge on any atom is 0.151 e. The second-order valence-corrected chi connectivity index (χ2v) is 8.24. The lowest BCUT2D eigenvalue weighted by Crippen LogP contribution is -2.36. The minimum Gasteiger partial charge on any atom is -0.409 e. The van der Waals surface area contributed by atoms with Crippen molar-refractivity contribution in [2.24, 2.45) is 16.3 Å². The second-order valence-electron chi connectivity index (χ2n) is 6.01. The van der Waals surface area contributed by atoms with Crippen molar-refractivity contribution in [1.29, 1.82) is 0 Å². The summed E-state index contributed by atoms with van der Waals surface area (Å²) in [7, 11) is -0.865. The predicted octanol–water partition coefficient (Wildman–Crippen LogP) is 0.658. The Labute approximate surface area is 115 Å². The summed E-state index contributed by atoms with van der Waals surface area (Å²) >= 11 is 0. The van der Waals surface area contributed by atoms with E-state index in [2.05, 4.69) is 10.1 Å². The summed E-state index contributed by atoms with van der Waals surface area (Å²) in [5, 5.41) is 11.8. The van der Waals surface area contributed by atoms with Crippen LogP contribution in [0.4, 0.5) is 0 Å². The molecular weight excluding hydrogens is 266 g/mol. The molecule has 112 valence electrons. The Morgan fingerprint density at radius 1 is 1.53 bits per heavy atom. The van der Waals surface area contributed by atoms with Crippen LogP contribution in [-0.4, -0.2) is 55.5 Å². The van der Waals surface area contributed by atoms with E-state index in [1.165, 1.54) is 0 Å². The summed E-state index contributed by atoms with van der Waals surface area (Å²) in [6, 6.07) is 0.136. The van der Waals surface area contributed by atoms with Gasteiger partial charge in [0.05, 0.1) is 11.5 Å². The summed E-state index contributed by atoms with van der Waals surface area (Å²) < 4.78 is 22.8. The van der Waals surface area contributed by atoms with E-state index >= 15 is 0 Å². The van der Waals surface area contributed by atoms with Crippen LogP contribution in [0.25, 0.3) is 0 Å². The summed E-state index contributed by atoms with van der Waals surface area (Å²) in [5.74, 6) is 0.809. The molecule has 1 aliphatic heterocycles. The molecule has 0 aromatic carbocycles. The zero-order chi connectivity index (χ0) is 14.7. The Kier molecular flexibility index (Phi) is 5.20. The van der Waals surface area contributed by atoms with Crippen molar-refractivity contribution >= 4 is 15.7 Å². The monoisotopic (exact) mass is 291 g/mol. The molecule has 1 fully saturated rings. The van der Waals surface area contributed by atoms with Crippen LogP contribution in [-0.2, 0) is 9.84 Å². The molecule has 0 aromatic heterocycles. The molecule has 1 aliphatic rings. The van der Waals surface area contributed by atoms with Gasteiger partial charge in [-0.05, 0) is 32.9 Å². The molecule has 19 heavy (non-hydrogen) atoms. The summed E-state index contributed by atoms with van der Waals surface area (Å²) in [6.45, 7) is 4.69. The molecule has 0 bridgehead atoms. The zero-order valence-corrected chi connectivity index (χ0v) is 12.8. The number of nitrogens with two attached hydrogens (primary N) is 1. The summed E-state index contributed by atoms with van der Waals surface area (Å²) in [5.41, 5.74) is 5.30. The van der Waals surface area contributed by atoms with Gasteiger partial charge in [0.2, 0.25) is 0 Å². The van der Waals surface area contributed by atoms with Crippen molar-refractivity contribution in [3.8, 4) is 0 Å². The first kappa shape index (κ1) is 16.2. The Balaban J connectivity index is 2.38. The third-order valence-electron chi connectivity index (χ3n) is 3.95. The van der Waals surface area contributed by atoms with Crippen LogP contribution in [0.15, 0.2) is 5.16 Å². The number of hydrogen-bond donors (Lipinski definition) is 2. The van der Waals surface area contributed by atoms with Crippen molar-refractivity contribution < 1.29 is 13.6 Å². The van der Waals surface area contributed by atoms with Crippen LogP contribution in [0, 0.1) is 5.41 Å². The molecule has 6 nitrogen and oxygen atoms in total. The van der Waals surface area contributed by atoms with Gasteiger partial charge in [-0.1, -0.05) is 19.0 Å². The Bertz CT molecular complexity index is 432. The smallest absolute Gasteiger partial charge is 0.151 e. The molecule has 1 rings (SSSR count). The maximum atomic E-state index is 11.4. The van der Waals surface area contributed by atoms with Crippen molar-refractivity contribution in [3.05, 3.63) is 0 Å². The highest BCUT2D eigenvalue weighted by Gasteiger charge is 2.30. The molecule has 3 N–H and O–H groups in total. The molecule has 1 saturated heterocycles. The molecular formula is C12H25N3O3S. The molecule has 0 aliphatic carbocycles. The zero-order valence-electron chi connectivity index (χ0n) is 12.0. The number of amidine groups is 1. The van der Waals surface area contributed by atoms with Gasteiger partial charge >= 0.3 is 0 Å². The summed E-state index contributed by atoms with van der Waals surface area (Å²) in [4.78, 5) is 2.10. The lowest BCUT2D eigenvalue weighted by atomic mass is 9.86. The lowest BCUT2D eigenvalue weighted by Gasteiger charge is -2.26. The van der Waals surface area contributed by atoms with Crippen LogP contribution in [0.5, 0.6) is 0 Å². The van der Waals surface area contributed by atoms with Gasteiger partial charge < -0.3 is 15.8 Å². The van der Waals surface area contributed by atoms with Crippen LogP contribution in [0.3, 0.4) is 0 Å². The number of rotatable bonds is 6. The van der Waals surface area contributed by atoms with Gasteiger partial charge in [-0.2, -0.15) is 0 Å². The molecule has 0 spiro atoms. The quantitative estimate of drug-likeness (QED) is 0.324. The molecule has 1 atom stereocenters. The molecule has 0 radical (unpaired) electrons. The Morgan fingerprint density at radius 2 is 2.16 bits per heavy atom. The van der Waals surface area contributed by atoms with Crippen LogP contribution in [0.1, 0.15) is 33.1 Å². The Hall–Kier alpha value is -0.820. The SMILES string of the molecule is CN(CCCC(C)(C)C(N)=NO)C1CCS(=O)(=O)C1. The van der Waals surface area contributed by atoms with E-state index in [9.17, 15) is 8.42 Å². The normalized spacial score (nSPS) is 24.0. The molecule has 7 heteroatoms. The van der Waals surface area contributed by atoms with Crippen LogP contribution < -0.4 is 5.73 Å². The highest BCUT2D eigenvalue weighted by Crippen LogP contribution is 2.23. The third kappa shape index (κ3) is 4.65. The standard InChI is InChI=1S/C12H25N3O3S/c1-12(2,11(13)14-16)6-4-7-15(3)10-5-8-19(17,18)9-10/h10,16H,4-9H2,1-3H3,(H2,13,14). The topological polar surface area (TPSA) is 96.0 Å². The van der Waals surface area contributed by atoms with E-state index in [1.807, 2.05) is 20.9 Å². The molecule has 0 aromatic rings.